The Labute approximate surface area is 142 Å². The molecule has 1 amide bonds. The van der Waals surface area contributed by atoms with Gasteiger partial charge < -0.3 is 14.8 Å². The monoisotopic (exact) mass is 353 g/mol. The first kappa shape index (κ1) is 17.1. The predicted molar refractivity (Wildman–Crippen MR) is 89.9 cm³/mol. The van der Waals surface area contributed by atoms with Crippen molar-refractivity contribution in [2.75, 3.05) is 24.7 Å². The van der Waals surface area contributed by atoms with Crippen LogP contribution in [-0.2, 0) is 14.6 Å². The molecule has 2 heterocycles. The molecule has 1 aromatic rings. The molecule has 2 aliphatic heterocycles. The largest absolute Gasteiger partial charge is 0.486 e. The standard InChI is InChI=1S/C17H23NO5S/c1-11(2)16(18-17(19)13-5-8-24(20,21)10-13)12-3-4-14-15(9-12)23-7-6-22-14/h3-4,9,11,13,16H,5-8,10H2,1-2H3,(H,18,19)/t13-,16+/m1/s1. The topological polar surface area (TPSA) is 81.7 Å². The molecule has 0 aromatic heterocycles. The Morgan fingerprint density at radius 3 is 2.54 bits per heavy atom. The highest BCUT2D eigenvalue weighted by Crippen LogP contribution is 2.34. The van der Waals surface area contributed by atoms with Crippen molar-refractivity contribution < 1.29 is 22.7 Å². The van der Waals surface area contributed by atoms with Crippen molar-refractivity contribution in [3.8, 4) is 11.5 Å². The van der Waals surface area contributed by atoms with E-state index in [0.717, 1.165) is 5.56 Å². The van der Waals surface area contributed by atoms with Crippen LogP contribution in [0.1, 0.15) is 31.9 Å². The average Bonchev–Trinajstić information content (AvgIpc) is 2.92. The first-order chi connectivity index (χ1) is 11.4. The zero-order valence-electron chi connectivity index (χ0n) is 13.9. The number of carbonyl (C=O) groups is 1. The van der Waals surface area contributed by atoms with Crippen LogP contribution in [0.15, 0.2) is 18.2 Å². The van der Waals surface area contributed by atoms with Crippen LogP contribution in [0.25, 0.3) is 0 Å². The molecule has 2 aliphatic rings. The van der Waals surface area contributed by atoms with Gasteiger partial charge in [-0.2, -0.15) is 0 Å². The zero-order valence-corrected chi connectivity index (χ0v) is 14.8. The number of ether oxygens (including phenoxy) is 2. The molecule has 1 N–H and O–H groups in total. The summed E-state index contributed by atoms with van der Waals surface area (Å²) in [7, 11) is -3.07. The Balaban J connectivity index is 1.76. The number of nitrogens with one attached hydrogen (secondary N) is 1. The van der Waals surface area contributed by atoms with Gasteiger partial charge in [-0.25, -0.2) is 8.42 Å². The molecule has 2 atom stereocenters. The van der Waals surface area contributed by atoms with E-state index in [1.54, 1.807) is 0 Å². The van der Waals surface area contributed by atoms with Gasteiger partial charge in [0.05, 0.1) is 23.5 Å². The zero-order chi connectivity index (χ0) is 17.3. The van der Waals surface area contributed by atoms with Gasteiger partial charge in [0.15, 0.2) is 21.3 Å². The minimum atomic E-state index is -3.07. The summed E-state index contributed by atoms with van der Waals surface area (Å²) >= 11 is 0. The Morgan fingerprint density at radius 1 is 1.21 bits per heavy atom. The summed E-state index contributed by atoms with van der Waals surface area (Å²) in [5.74, 6) is 0.960. The van der Waals surface area contributed by atoms with Gasteiger partial charge in [0.2, 0.25) is 5.91 Å². The summed E-state index contributed by atoms with van der Waals surface area (Å²) < 4.78 is 34.3. The molecule has 24 heavy (non-hydrogen) atoms. The van der Waals surface area contributed by atoms with E-state index >= 15 is 0 Å². The van der Waals surface area contributed by atoms with Crippen LogP contribution in [-0.4, -0.2) is 39.0 Å². The minimum absolute atomic E-state index is 0.0508. The fourth-order valence-corrected chi connectivity index (χ4v) is 4.90. The molecular weight excluding hydrogens is 330 g/mol. The van der Waals surface area contributed by atoms with Gasteiger partial charge >= 0.3 is 0 Å². The molecule has 3 rings (SSSR count). The van der Waals surface area contributed by atoms with E-state index in [2.05, 4.69) is 5.32 Å². The number of rotatable bonds is 4. The number of hydrogen-bond acceptors (Lipinski definition) is 5. The summed E-state index contributed by atoms with van der Waals surface area (Å²) in [6.45, 7) is 5.09. The lowest BCUT2D eigenvalue weighted by atomic mass is 9.94. The second-order valence-electron chi connectivity index (χ2n) is 6.73. The van der Waals surface area contributed by atoms with Crippen molar-refractivity contribution in [2.45, 2.75) is 26.3 Å². The van der Waals surface area contributed by atoms with Crippen LogP contribution >= 0.6 is 0 Å². The van der Waals surface area contributed by atoms with E-state index in [9.17, 15) is 13.2 Å². The van der Waals surface area contributed by atoms with E-state index in [4.69, 9.17) is 9.47 Å². The van der Waals surface area contributed by atoms with Crippen LogP contribution in [0.2, 0.25) is 0 Å². The number of benzene rings is 1. The summed E-state index contributed by atoms with van der Waals surface area (Å²) in [6.07, 6.45) is 0.403. The molecule has 1 saturated heterocycles. The molecule has 132 valence electrons. The van der Waals surface area contributed by atoms with Gasteiger partial charge in [-0.15, -0.1) is 0 Å². The lowest BCUT2D eigenvalue weighted by molar-refractivity contribution is -0.125. The molecule has 7 heteroatoms. The van der Waals surface area contributed by atoms with E-state index in [1.807, 2.05) is 32.0 Å². The minimum Gasteiger partial charge on any atom is -0.486 e. The second kappa shape index (κ2) is 6.63. The van der Waals surface area contributed by atoms with Crippen LogP contribution in [0.5, 0.6) is 11.5 Å². The Kier molecular flexibility index (Phi) is 4.71. The Bertz CT molecular complexity index is 728. The highest BCUT2D eigenvalue weighted by molar-refractivity contribution is 7.91. The van der Waals surface area contributed by atoms with Gasteiger partial charge in [-0.3, -0.25) is 4.79 Å². The van der Waals surface area contributed by atoms with E-state index < -0.39 is 15.8 Å². The lowest BCUT2D eigenvalue weighted by Crippen LogP contribution is -2.36. The van der Waals surface area contributed by atoms with Crippen LogP contribution in [0.4, 0.5) is 0 Å². The smallest absolute Gasteiger partial charge is 0.224 e. The Morgan fingerprint density at radius 2 is 1.92 bits per heavy atom. The van der Waals surface area contributed by atoms with Gasteiger partial charge in [0.1, 0.15) is 13.2 Å². The quantitative estimate of drug-likeness (QED) is 0.891. The molecule has 0 radical (unpaired) electrons. The predicted octanol–water partition coefficient (Wildman–Crippen LogP) is 1.71. The first-order valence-corrected chi connectivity index (χ1v) is 10.1. The maximum atomic E-state index is 12.5. The molecule has 0 unspecified atom stereocenters. The van der Waals surface area contributed by atoms with Crippen molar-refractivity contribution >= 4 is 15.7 Å². The third-order valence-electron chi connectivity index (χ3n) is 4.49. The fourth-order valence-electron chi connectivity index (χ4n) is 3.16. The fraction of sp³-hybridized carbons (Fsp3) is 0.588. The van der Waals surface area contributed by atoms with E-state index in [-0.39, 0.29) is 29.4 Å². The number of amides is 1. The molecular formula is C17H23NO5S. The Hall–Kier alpha value is -1.76. The van der Waals surface area contributed by atoms with Crippen molar-refractivity contribution in [2.24, 2.45) is 11.8 Å². The second-order valence-corrected chi connectivity index (χ2v) is 8.96. The van der Waals surface area contributed by atoms with Crippen molar-refractivity contribution in [3.63, 3.8) is 0 Å². The van der Waals surface area contributed by atoms with Gasteiger partial charge in [0, 0.05) is 0 Å². The highest BCUT2D eigenvalue weighted by atomic mass is 32.2. The number of hydrogen-bond donors (Lipinski definition) is 1. The van der Waals surface area contributed by atoms with Crippen molar-refractivity contribution in [3.05, 3.63) is 23.8 Å². The lowest BCUT2D eigenvalue weighted by Gasteiger charge is -2.26. The third-order valence-corrected chi connectivity index (χ3v) is 6.26. The van der Waals surface area contributed by atoms with E-state index in [1.165, 1.54) is 0 Å². The summed E-state index contributed by atoms with van der Waals surface area (Å²) in [4.78, 5) is 12.5. The highest BCUT2D eigenvalue weighted by Gasteiger charge is 2.34. The molecule has 0 spiro atoms. The molecule has 6 nitrogen and oxygen atoms in total. The molecule has 1 fully saturated rings. The summed E-state index contributed by atoms with van der Waals surface area (Å²) in [6, 6.07) is 5.47. The van der Waals surface area contributed by atoms with Gasteiger partial charge in [0.25, 0.3) is 0 Å². The normalized spacial score (nSPS) is 23.0. The summed E-state index contributed by atoms with van der Waals surface area (Å²) in [5, 5.41) is 3.02. The molecule has 1 aromatic carbocycles. The van der Waals surface area contributed by atoms with Crippen LogP contribution in [0, 0.1) is 11.8 Å². The maximum absolute atomic E-state index is 12.5. The third kappa shape index (κ3) is 3.66. The average molecular weight is 353 g/mol. The van der Waals surface area contributed by atoms with Gasteiger partial charge in [-0.1, -0.05) is 19.9 Å². The SMILES string of the molecule is CC(C)[C@H](NC(=O)[C@@H]1CCS(=O)(=O)C1)c1ccc2c(c1)OCCO2. The molecule has 0 bridgehead atoms. The number of fused-ring (bicyclic) bond motifs is 1. The van der Waals surface area contributed by atoms with Crippen LogP contribution in [0.3, 0.4) is 0 Å². The van der Waals surface area contributed by atoms with E-state index in [0.29, 0.717) is 31.1 Å². The summed E-state index contributed by atoms with van der Waals surface area (Å²) in [5.41, 5.74) is 0.934. The number of sulfone groups is 1. The first-order valence-electron chi connectivity index (χ1n) is 8.26. The van der Waals surface area contributed by atoms with Crippen molar-refractivity contribution in [1.82, 2.24) is 5.32 Å². The molecule has 0 saturated carbocycles. The van der Waals surface area contributed by atoms with Gasteiger partial charge in [-0.05, 0) is 30.0 Å². The van der Waals surface area contributed by atoms with Crippen LogP contribution < -0.4 is 14.8 Å². The maximum Gasteiger partial charge on any atom is 0.224 e. The number of carbonyl (C=O) groups excluding carboxylic acids is 1. The molecule has 0 aliphatic carbocycles. The van der Waals surface area contributed by atoms with Crippen molar-refractivity contribution in [1.29, 1.82) is 0 Å².